The summed E-state index contributed by atoms with van der Waals surface area (Å²) in [5, 5.41) is 8.70. The van der Waals surface area contributed by atoms with E-state index in [9.17, 15) is 0 Å². The molecule has 0 heterocycles. The van der Waals surface area contributed by atoms with Crippen LogP contribution in [0.15, 0.2) is 12.2 Å². The summed E-state index contributed by atoms with van der Waals surface area (Å²) in [6, 6.07) is 0. The van der Waals surface area contributed by atoms with Crippen molar-refractivity contribution in [3.8, 4) is 0 Å². The number of hydrogen-bond acceptors (Lipinski definition) is 3. The minimum atomic E-state index is -0.0371. The molecule has 0 aromatic heterocycles. The highest BCUT2D eigenvalue weighted by Crippen LogP contribution is 2.10. The first kappa shape index (κ1) is 20.6. The van der Waals surface area contributed by atoms with Gasteiger partial charge in [-0.25, -0.2) is 0 Å². The summed E-state index contributed by atoms with van der Waals surface area (Å²) in [6.45, 7) is 6.27. The molecule has 0 saturated carbocycles. The summed E-state index contributed by atoms with van der Waals surface area (Å²) in [7, 11) is 0. The van der Waals surface area contributed by atoms with Crippen molar-refractivity contribution in [2.75, 3.05) is 19.8 Å². The second-order valence-electron chi connectivity index (χ2n) is 5.50. The van der Waals surface area contributed by atoms with Crippen LogP contribution in [0.25, 0.3) is 0 Å². The van der Waals surface area contributed by atoms with Crippen LogP contribution in [0.3, 0.4) is 0 Å². The van der Waals surface area contributed by atoms with E-state index < -0.39 is 0 Å². The van der Waals surface area contributed by atoms with Gasteiger partial charge in [-0.05, 0) is 38.5 Å². The van der Waals surface area contributed by atoms with Crippen molar-refractivity contribution >= 4 is 0 Å². The molecule has 0 bridgehead atoms. The van der Waals surface area contributed by atoms with E-state index in [0.29, 0.717) is 0 Å². The van der Waals surface area contributed by atoms with Crippen molar-refractivity contribution < 1.29 is 14.6 Å². The van der Waals surface area contributed by atoms with Crippen LogP contribution >= 0.6 is 0 Å². The minimum absolute atomic E-state index is 0.0371. The van der Waals surface area contributed by atoms with Crippen LogP contribution in [-0.2, 0) is 9.47 Å². The van der Waals surface area contributed by atoms with Crippen LogP contribution in [0, 0.1) is 0 Å². The largest absolute Gasteiger partial charge is 0.396 e. The molecule has 0 rings (SSSR count). The number of rotatable bonds is 16. The predicted molar refractivity (Wildman–Crippen MR) is 89.4 cm³/mol. The van der Waals surface area contributed by atoms with Gasteiger partial charge in [-0.3, -0.25) is 0 Å². The minimum Gasteiger partial charge on any atom is -0.396 e. The molecule has 0 amide bonds. The van der Waals surface area contributed by atoms with Gasteiger partial charge in [-0.15, -0.1) is 0 Å². The van der Waals surface area contributed by atoms with E-state index in [0.717, 1.165) is 51.7 Å². The first-order chi connectivity index (χ1) is 10.3. The van der Waals surface area contributed by atoms with E-state index in [1.54, 1.807) is 0 Å². The molecular formula is C18H36O3. The first-order valence-corrected chi connectivity index (χ1v) is 8.84. The van der Waals surface area contributed by atoms with Gasteiger partial charge in [0.15, 0.2) is 6.29 Å². The third-order valence-corrected chi connectivity index (χ3v) is 3.38. The normalized spacial score (nSPS) is 11.8. The fraction of sp³-hybridized carbons (Fsp3) is 0.889. The molecule has 3 nitrogen and oxygen atoms in total. The van der Waals surface area contributed by atoms with E-state index in [-0.39, 0.29) is 12.9 Å². The second kappa shape index (κ2) is 17.7. The van der Waals surface area contributed by atoms with E-state index in [4.69, 9.17) is 14.6 Å². The molecule has 0 aliphatic carbocycles. The summed E-state index contributed by atoms with van der Waals surface area (Å²) >= 11 is 0. The van der Waals surface area contributed by atoms with Crippen LogP contribution in [-0.4, -0.2) is 31.2 Å². The number of ether oxygens (including phenoxy) is 2. The van der Waals surface area contributed by atoms with Crippen LogP contribution < -0.4 is 0 Å². The summed E-state index contributed by atoms with van der Waals surface area (Å²) in [5.74, 6) is 0. The summed E-state index contributed by atoms with van der Waals surface area (Å²) < 4.78 is 11.7. The van der Waals surface area contributed by atoms with Gasteiger partial charge in [0.05, 0.1) is 0 Å². The lowest BCUT2D eigenvalue weighted by molar-refractivity contribution is -0.147. The van der Waals surface area contributed by atoms with Crippen molar-refractivity contribution in [1.82, 2.24) is 0 Å². The number of allylic oxidation sites excluding steroid dienone is 1. The lowest BCUT2D eigenvalue weighted by Gasteiger charge is -2.18. The van der Waals surface area contributed by atoms with Gasteiger partial charge in [0.1, 0.15) is 0 Å². The van der Waals surface area contributed by atoms with Crippen molar-refractivity contribution in [1.29, 1.82) is 0 Å². The molecule has 126 valence electrons. The van der Waals surface area contributed by atoms with E-state index in [1.807, 2.05) is 6.08 Å². The molecule has 0 saturated heterocycles. The SMILES string of the molecule is CCCCCOC(CCC/C=C/CCO)OCCCCC. The second-order valence-corrected chi connectivity index (χ2v) is 5.50. The van der Waals surface area contributed by atoms with Gasteiger partial charge in [0.25, 0.3) is 0 Å². The molecule has 3 heteroatoms. The van der Waals surface area contributed by atoms with Gasteiger partial charge >= 0.3 is 0 Å². The quantitative estimate of drug-likeness (QED) is 0.252. The van der Waals surface area contributed by atoms with Gasteiger partial charge in [-0.1, -0.05) is 51.7 Å². The molecule has 0 aromatic carbocycles. The van der Waals surface area contributed by atoms with Crippen molar-refractivity contribution in [2.24, 2.45) is 0 Å². The van der Waals surface area contributed by atoms with Crippen LogP contribution in [0.4, 0.5) is 0 Å². The Labute approximate surface area is 131 Å². The third kappa shape index (κ3) is 15.8. The molecule has 0 aromatic rings. The van der Waals surface area contributed by atoms with E-state index in [1.165, 1.54) is 25.7 Å². The Morgan fingerprint density at radius 3 is 1.90 bits per heavy atom. The zero-order valence-electron chi connectivity index (χ0n) is 14.2. The zero-order chi connectivity index (χ0) is 15.6. The first-order valence-electron chi connectivity index (χ1n) is 8.84. The third-order valence-electron chi connectivity index (χ3n) is 3.38. The van der Waals surface area contributed by atoms with Gasteiger partial charge in [0, 0.05) is 19.8 Å². The Bertz CT molecular complexity index is 205. The molecular weight excluding hydrogens is 264 g/mol. The number of unbranched alkanes of at least 4 members (excludes halogenated alkanes) is 5. The smallest absolute Gasteiger partial charge is 0.157 e. The summed E-state index contributed by atoms with van der Waals surface area (Å²) in [4.78, 5) is 0. The molecule has 21 heavy (non-hydrogen) atoms. The highest BCUT2D eigenvalue weighted by atomic mass is 16.7. The maximum Gasteiger partial charge on any atom is 0.157 e. The fourth-order valence-electron chi connectivity index (χ4n) is 2.06. The van der Waals surface area contributed by atoms with Crippen LogP contribution in [0.1, 0.15) is 78.1 Å². The molecule has 0 spiro atoms. The topological polar surface area (TPSA) is 38.7 Å². The fourth-order valence-corrected chi connectivity index (χ4v) is 2.06. The number of hydrogen-bond donors (Lipinski definition) is 1. The monoisotopic (exact) mass is 300 g/mol. The molecule has 0 aliphatic rings. The van der Waals surface area contributed by atoms with Crippen molar-refractivity contribution in [3.63, 3.8) is 0 Å². The van der Waals surface area contributed by atoms with E-state index in [2.05, 4.69) is 19.9 Å². The Balaban J connectivity index is 3.77. The lowest BCUT2D eigenvalue weighted by atomic mass is 10.2. The maximum atomic E-state index is 8.70. The predicted octanol–water partition coefficient (Wildman–Crippen LogP) is 4.84. The van der Waals surface area contributed by atoms with E-state index >= 15 is 0 Å². The lowest BCUT2D eigenvalue weighted by Crippen LogP contribution is -2.18. The Morgan fingerprint density at radius 1 is 0.810 bits per heavy atom. The van der Waals surface area contributed by atoms with Crippen LogP contribution in [0.5, 0.6) is 0 Å². The Morgan fingerprint density at radius 2 is 1.38 bits per heavy atom. The average molecular weight is 300 g/mol. The van der Waals surface area contributed by atoms with Gasteiger partial charge in [0.2, 0.25) is 0 Å². The van der Waals surface area contributed by atoms with Crippen molar-refractivity contribution in [2.45, 2.75) is 84.3 Å². The maximum absolute atomic E-state index is 8.70. The molecule has 1 N–H and O–H groups in total. The van der Waals surface area contributed by atoms with Crippen molar-refractivity contribution in [3.05, 3.63) is 12.2 Å². The van der Waals surface area contributed by atoms with Gasteiger partial charge < -0.3 is 14.6 Å². The number of aliphatic hydroxyl groups excluding tert-OH is 1. The van der Waals surface area contributed by atoms with Gasteiger partial charge in [-0.2, -0.15) is 0 Å². The van der Waals surface area contributed by atoms with Crippen LogP contribution in [0.2, 0.25) is 0 Å². The standard InChI is InChI=1S/C18H36O3/c1-3-5-12-16-20-18(21-17-13-6-4-2)14-10-8-7-9-11-15-19/h7,9,18-19H,3-6,8,10-17H2,1-2H3/b9-7+. The highest BCUT2D eigenvalue weighted by molar-refractivity contribution is 4.81. The molecule has 0 atom stereocenters. The Kier molecular flexibility index (Phi) is 17.4. The molecule has 0 unspecified atom stereocenters. The summed E-state index contributed by atoms with van der Waals surface area (Å²) in [5.41, 5.74) is 0. The number of aliphatic hydroxyl groups is 1. The highest BCUT2D eigenvalue weighted by Gasteiger charge is 2.08. The molecule has 0 radical (unpaired) electrons. The Hall–Kier alpha value is -0.380. The zero-order valence-corrected chi connectivity index (χ0v) is 14.2. The molecule has 0 fully saturated rings. The average Bonchev–Trinajstić information content (AvgIpc) is 2.50. The summed E-state index contributed by atoms with van der Waals surface area (Å²) in [6.07, 6.45) is 15.1. The molecule has 0 aliphatic heterocycles.